The zero-order chi connectivity index (χ0) is 20.9. The van der Waals surface area contributed by atoms with Crippen molar-refractivity contribution < 1.29 is 42.9 Å². The van der Waals surface area contributed by atoms with Crippen LogP contribution < -0.4 is 0 Å². The summed E-state index contributed by atoms with van der Waals surface area (Å²) in [6.07, 6.45) is -0.139. The van der Waals surface area contributed by atoms with Crippen molar-refractivity contribution in [1.29, 1.82) is 0 Å². The second kappa shape index (κ2) is 10.9. The molecule has 31 heavy (non-hydrogen) atoms. The van der Waals surface area contributed by atoms with E-state index in [0.29, 0.717) is 18.4 Å². The summed E-state index contributed by atoms with van der Waals surface area (Å²) < 4.78 is 25.4. The maximum atomic E-state index is 14.4. The summed E-state index contributed by atoms with van der Waals surface area (Å²) in [5, 5.41) is 2.67. The van der Waals surface area contributed by atoms with E-state index in [-0.39, 0.29) is 63.1 Å². The van der Waals surface area contributed by atoms with Gasteiger partial charge in [-0.15, -0.1) is 11.6 Å². The first-order valence-electron chi connectivity index (χ1n) is 9.58. The molecule has 179 valence electrons. The number of fused-ring (bicyclic) bond motifs is 2. The molecule has 2 fully saturated rings. The van der Waals surface area contributed by atoms with Crippen LogP contribution in [0.3, 0.4) is 0 Å². The number of hydrogen-bond acceptors (Lipinski definition) is 4. The number of carbonyl (C=O) groups excluding carboxylic acids is 2. The summed E-state index contributed by atoms with van der Waals surface area (Å²) in [7, 11) is 0. The monoisotopic (exact) mass is 562 g/mol. The van der Waals surface area contributed by atoms with Crippen molar-refractivity contribution in [2.24, 2.45) is 0 Å². The number of ether oxygens (including phenoxy) is 2. The average Bonchev–Trinajstić information content (AvgIpc) is 3.10. The van der Waals surface area contributed by atoms with Crippen LogP contribution in [0.15, 0.2) is 18.2 Å². The Balaban J connectivity index is 0.00000300. The average molecular weight is 562 g/mol. The van der Waals surface area contributed by atoms with Gasteiger partial charge >= 0.3 is 12.2 Å². The Morgan fingerprint density at radius 1 is 1.00 bits per heavy atom. The maximum absolute atomic E-state index is 14.4. The van der Waals surface area contributed by atoms with Crippen LogP contribution in [0.1, 0.15) is 65.9 Å². The van der Waals surface area contributed by atoms with Gasteiger partial charge in [-0.25, -0.2) is 19.6 Å². The van der Waals surface area contributed by atoms with Gasteiger partial charge in [0.2, 0.25) is 0 Å². The van der Waals surface area contributed by atoms with E-state index in [1.165, 1.54) is 16.1 Å². The topological polar surface area (TPSA) is 59.1 Å². The molecule has 2 bridgehead atoms. The summed E-state index contributed by atoms with van der Waals surface area (Å²) in [5.74, 6) is -0.606. The number of rotatable bonds is 1. The second-order valence-electron chi connectivity index (χ2n) is 9.38. The molecule has 6 nitrogen and oxygen atoms in total. The third-order valence-electron chi connectivity index (χ3n) is 4.76. The molecule has 1 radical (unpaired) electrons. The molecular formula is C21H34FN2O4P2Rh-. The quantitative estimate of drug-likeness (QED) is 0.282. The summed E-state index contributed by atoms with van der Waals surface area (Å²) in [4.78, 5) is 25.8. The zero-order valence-corrected chi connectivity index (χ0v) is 23.5. The second-order valence-corrected chi connectivity index (χ2v) is 9.38. The van der Waals surface area contributed by atoms with Crippen LogP contribution in [0, 0.1) is 11.9 Å². The molecule has 5 unspecified atom stereocenters. The van der Waals surface area contributed by atoms with Gasteiger partial charge in [-0.1, -0.05) is 0 Å². The van der Waals surface area contributed by atoms with Crippen molar-refractivity contribution in [2.45, 2.75) is 83.6 Å². The van der Waals surface area contributed by atoms with E-state index >= 15 is 0 Å². The molecular weight excluding hydrogens is 528 g/mol. The van der Waals surface area contributed by atoms with Gasteiger partial charge in [0.25, 0.3) is 0 Å². The summed E-state index contributed by atoms with van der Waals surface area (Å²) >= 11 is 0. The number of hydrazine groups is 1. The Labute approximate surface area is 203 Å². The number of halogens is 1. The molecule has 2 aliphatic rings. The Morgan fingerprint density at radius 3 is 2.00 bits per heavy atom. The molecule has 1 heterocycles. The van der Waals surface area contributed by atoms with E-state index in [2.05, 4.69) is 6.07 Å². The molecule has 3 rings (SSSR count). The standard InChI is InChI=1S/C21H28FN2O4.2H3P.Rh/c1-20(2,3)27-18(25)23-13-11-15(14-9-7-8-10-16(14)22)17(12-13)24(23)19(26)28-21(4,5)6;;;/h7-8,10,13,15,17H,11-12H2,1-6H3;2*1H3;/q-1;;;. The maximum Gasteiger partial charge on any atom is 0.429 e. The van der Waals surface area contributed by atoms with Crippen LogP contribution in [0.5, 0.6) is 0 Å². The fraction of sp³-hybridized carbons (Fsp3) is 0.619. The summed E-state index contributed by atoms with van der Waals surface area (Å²) in [5.41, 5.74) is -0.984. The third-order valence-corrected chi connectivity index (χ3v) is 4.76. The molecule has 1 saturated carbocycles. The molecule has 10 heteroatoms. The van der Waals surface area contributed by atoms with E-state index in [1.54, 1.807) is 53.7 Å². The van der Waals surface area contributed by atoms with Crippen LogP contribution in [0.4, 0.5) is 14.0 Å². The SMILES string of the molecule is CC(C)(C)OC(=O)N1C2CC(c3[c-]cccc3F)C(C2)N1C(=O)OC(C)(C)C.P.P.[Rh]. The number of hydrogen-bond donors (Lipinski definition) is 0. The van der Waals surface area contributed by atoms with Crippen LogP contribution in [0.2, 0.25) is 0 Å². The predicted octanol–water partition coefficient (Wildman–Crippen LogP) is 4.76. The molecule has 5 atom stereocenters. The molecule has 0 spiro atoms. The van der Waals surface area contributed by atoms with Crippen LogP contribution in [-0.4, -0.2) is 45.5 Å². The summed E-state index contributed by atoms with van der Waals surface area (Å²) in [6, 6.07) is 6.96. The summed E-state index contributed by atoms with van der Waals surface area (Å²) in [6.45, 7) is 10.6. The first-order valence-corrected chi connectivity index (χ1v) is 9.58. The Bertz CT molecular complexity index is 785. The largest absolute Gasteiger partial charge is 0.442 e. The van der Waals surface area contributed by atoms with Gasteiger partial charge in [-0.2, -0.15) is 38.0 Å². The van der Waals surface area contributed by atoms with E-state index in [1.807, 2.05) is 0 Å². The first kappa shape index (κ1) is 30.2. The minimum atomic E-state index is -0.724. The molecule has 1 saturated heterocycles. The van der Waals surface area contributed by atoms with E-state index in [4.69, 9.17) is 9.47 Å². The van der Waals surface area contributed by atoms with Crippen molar-refractivity contribution in [3.8, 4) is 0 Å². The van der Waals surface area contributed by atoms with E-state index in [0.717, 1.165) is 0 Å². The van der Waals surface area contributed by atoms with Crippen LogP contribution in [-0.2, 0) is 29.0 Å². The van der Waals surface area contributed by atoms with Gasteiger partial charge in [0, 0.05) is 25.3 Å². The van der Waals surface area contributed by atoms with E-state index in [9.17, 15) is 14.0 Å². The minimum Gasteiger partial charge on any atom is -0.442 e. The number of nitrogens with zero attached hydrogens (tertiary/aromatic N) is 2. The van der Waals surface area contributed by atoms with Crippen molar-refractivity contribution in [2.75, 3.05) is 0 Å². The van der Waals surface area contributed by atoms with Gasteiger partial charge in [0.1, 0.15) is 11.2 Å². The molecule has 1 aliphatic carbocycles. The van der Waals surface area contributed by atoms with E-state index < -0.39 is 23.4 Å². The van der Waals surface area contributed by atoms with Gasteiger partial charge in [-0.05, 0) is 60.3 Å². The van der Waals surface area contributed by atoms with Gasteiger partial charge in [0.05, 0.1) is 12.1 Å². The molecule has 1 aromatic carbocycles. The Kier molecular flexibility index (Phi) is 10.6. The first-order chi connectivity index (χ1) is 12.9. The van der Waals surface area contributed by atoms with Crippen molar-refractivity contribution in [1.82, 2.24) is 10.0 Å². The van der Waals surface area contributed by atoms with Gasteiger partial charge in [-0.3, -0.25) is 4.39 Å². The molecule has 1 aromatic rings. The Hall–Kier alpha value is -0.827. The van der Waals surface area contributed by atoms with Gasteiger partial charge < -0.3 is 9.47 Å². The molecule has 1 aliphatic heterocycles. The number of amides is 2. The van der Waals surface area contributed by atoms with Crippen molar-refractivity contribution in [3.63, 3.8) is 0 Å². The van der Waals surface area contributed by atoms with Crippen LogP contribution in [0.25, 0.3) is 0 Å². The van der Waals surface area contributed by atoms with Crippen molar-refractivity contribution in [3.05, 3.63) is 35.6 Å². The fourth-order valence-electron chi connectivity index (χ4n) is 3.90. The third kappa shape index (κ3) is 6.83. The molecule has 2 amide bonds. The number of benzene rings is 1. The van der Waals surface area contributed by atoms with Gasteiger partial charge in [0.15, 0.2) is 0 Å². The van der Waals surface area contributed by atoms with Crippen molar-refractivity contribution >= 4 is 32.0 Å². The smallest absolute Gasteiger partial charge is 0.429 e. The predicted molar refractivity (Wildman–Crippen MR) is 123 cm³/mol. The fourth-order valence-corrected chi connectivity index (χ4v) is 3.90. The Morgan fingerprint density at radius 2 is 1.52 bits per heavy atom. The zero-order valence-electron chi connectivity index (χ0n) is 19.0. The molecule has 0 aromatic heterocycles. The molecule has 0 N–H and O–H groups in total. The van der Waals surface area contributed by atoms with Crippen LogP contribution >= 0.6 is 19.8 Å². The normalized spacial score (nSPS) is 22.1. The number of carbonyl (C=O) groups is 2. The minimum absolute atomic E-state index is 0.